The van der Waals surface area contributed by atoms with Crippen LogP contribution in [-0.2, 0) is 12.5 Å². The lowest BCUT2D eigenvalue weighted by Gasteiger charge is -2.46. The number of benzene rings is 1. The van der Waals surface area contributed by atoms with Crippen LogP contribution in [0.4, 0.5) is 0 Å². The van der Waals surface area contributed by atoms with Gasteiger partial charge in [0, 0.05) is 7.05 Å². The molecule has 0 radical (unpaired) electrons. The molecule has 4 nitrogen and oxygen atoms in total. The molecule has 2 aliphatic carbocycles. The van der Waals surface area contributed by atoms with Crippen molar-refractivity contribution in [3.63, 3.8) is 0 Å². The van der Waals surface area contributed by atoms with Crippen molar-refractivity contribution in [3.05, 3.63) is 41.5 Å². The SMILES string of the molecule is CC1CC(c2cc(O)cc(C3CC3)c2)(c2nncn2C)C1. The molecule has 2 aromatic rings. The number of hydrogen-bond acceptors (Lipinski definition) is 3. The van der Waals surface area contributed by atoms with Gasteiger partial charge in [0.1, 0.15) is 17.9 Å². The molecule has 0 amide bonds. The standard InChI is InChI=1S/C17H21N3O/c1-11-8-17(9-11,16-19-18-10-20(16)2)14-5-13(12-3-4-12)6-15(21)7-14/h5-7,10-12,21H,3-4,8-9H2,1-2H3. The molecule has 1 heterocycles. The Balaban J connectivity index is 1.83. The lowest BCUT2D eigenvalue weighted by atomic mass is 9.58. The van der Waals surface area contributed by atoms with Crippen LogP contribution in [0.15, 0.2) is 24.5 Å². The van der Waals surface area contributed by atoms with Crippen LogP contribution in [0.3, 0.4) is 0 Å². The minimum Gasteiger partial charge on any atom is -0.508 e. The largest absolute Gasteiger partial charge is 0.508 e. The molecule has 4 rings (SSSR count). The molecule has 2 fully saturated rings. The fraction of sp³-hybridized carbons (Fsp3) is 0.529. The summed E-state index contributed by atoms with van der Waals surface area (Å²) in [5.74, 6) is 2.74. The highest BCUT2D eigenvalue weighted by Crippen LogP contribution is 2.53. The predicted molar refractivity (Wildman–Crippen MR) is 80.3 cm³/mol. The smallest absolute Gasteiger partial charge is 0.143 e. The Kier molecular flexibility index (Phi) is 2.65. The summed E-state index contributed by atoms with van der Waals surface area (Å²) in [4.78, 5) is 0. The van der Waals surface area contributed by atoms with Gasteiger partial charge in [0.2, 0.25) is 0 Å². The highest BCUT2D eigenvalue weighted by molar-refractivity contribution is 5.45. The van der Waals surface area contributed by atoms with Crippen molar-refractivity contribution in [3.8, 4) is 5.75 Å². The van der Waals surface area contributed by atoms with Crippen molar-refractivity contribution in [1.82, 2.24) is 14.8 Å². The molecule has 0 atom stereocenters. The van der Waals surface area contributed by atoms with Crippen LogP contribution in [0.5, 0.6) is 5.75 Å². The Morgan fingerprint density at radius 2 is 2.00 bits per heavy atom. The molecular weight excluding hydrogens is 262 g/mol. The van der Waals surface area contributed by atoms with Crippen molar-refractivity contribution < 1.29 is 5.11 Å². The van der Waals surface area contributed by atoms with Crippen molar-refractivity contribution >= 4 is 0 Å². The summed E-state index contributed by atoms with van der Waals surface area (Å²) >= 11 is 0. The van der Waals surface area contributed by atoms with Crippen LogP contribution in [0, 0.1) is 5.92 Å². The number of nitrogens with zero attached hydrogens (tertiary/aromatic N) is 3. The molecule has 21 heavy (non-hydrogen) atoms. The molecule has 1 N–H and O–H groups in total. The van der Waals surface area contributed by atoms with Gasteiger partial charge >= 0.3 is 0 Å². The van der Waals surface area contributed by atoms with Crippen molar-refractivity contribution in [2.75, 3.05) is 0 Å². The van der Waals surface area contributed by atoms with Gasteiger partial charge in [-0.1, -0.05) is 13.0 Å². The molecule has 1 aromatic heterocycles. The van der Waals surface area contributed by atoms with Crippen molar-refractivity contribution in [2.45, 2.75) is 43.9 Å². The minimum atomic E-state index is -0.0763. The summed E-state index contributed by atoms with van der Waals surface area (Å²) in [5, 5.41) is 18.6. The second-order valence-corrected chi connectivity index (χ2v) is 6.95. The van der Waals surface area contributed by atoms with E-state index in [4.69, 9.17) is 0 Å². The Labute approximate surface area is 124 Å². The molecule has 4 heteroatoms. The third kappa shape index (κ3) is 1.96. The summed E-state index contributed by atoms with van der Waals surface area (Å²) in [6.45, 7) is 2.28. The first kappa shape index (κ1) is 12.9. The van der Waals surface area contributed by atoms with Crippen LogP contribution in [0.1, 0.15) is 55.5 Å². The molecule has 2 saturated carbocycles. The molecule has 0 aliphatic heterocycles. The molecule has 0 bridgehead atoms. The normalized spacial score (nSPS) is 28.4. The highest BCUT2D eigenvalue weighted by Gasteiger charge is 2.48. The van der Waals surface area contributed by atoms with E-state index in [1.165, 1.54) is 24.0 Å². The number of aromatic hydroxyl groups is 1. The second-order valence-electron chi connectivity index (χ2n) is 6.95. The zero-order valence-electron chi connectivity index (χ0n) is 12.6. The summed E-state index contributed by atoms with van der Waals surface area (Å²) in [6.07, 6.45) is 6.41. The van der Waals surface area contributed by atoms with Gasteiger partial charge in [-0.05, 0) is 60.8 Å². The maximum absolute atomic E-state index is 10.1. The highest BCUT2D eigenvalue weighted by atomic mass is 16.3. The fourth-order valence-corrected chi connectivity index (χ4v) is 3.96. The van der Waals surface area contributed by atoms with Crippen LogP contribution in [0.2, 0.25) is 0 Å². The first-order chi connectivity index (χ1) is 10.1. The van der Waals surface area contributed by atoms with Crippen LogP contribution >= 0.6 is 0 Å². The molecule has 0 unspecified atom stereocenters. The Bertz CT molecular complexity index is 681. The van der Waals surface area contributed by atoms with Gasteiger partial charge in [0.05, 0.1) is 5.41 Å². The van der Waals surface area contributed by atoms with Gasteiger partial charge in [-0.3, -0.25) is 0 Å². The monoisotopic (exact) mass is 283 g/mol. The zero-order valence-corrected chi connectivity index (χ0v) is 12.6. The van der Waals surface area contributed by atoms with E-state index in [2.05, 4.69) is 23.2 Å². The summed E-state index contributed by atoms with van der Waals surface area (Å²) in [5.41, 5.74) is 2.41. The third-order valence-electron chi connectivity index (χ3n) is 5.07. The van der Waals surface area contributed by atoms with Crippen molar-refractivity contribution in [2.24, 2.45) is 13.0 Å². The van der Waals surface area contributed by atoms with E-state index in [0.29, 0.717) is 17.6 Å². The van der Waals surface area contributed by atoms with Crippen LogP contribution in [0.25, 0.3) is 0 Å². The number of aryl methyl sites for hydroxylation is 1. The lowest BCUT2D eigenvalue weighted by molar-refractivity contribution is 0.185. The number of aromatic nitrogens is 3. The predicted octanol–water partition coefficient (Wildman–Crippen LogP) is 3.11. The first-order valence-corrected chi connectivity index (χ1v) is 7.77. The van der Waals surface area contributed by atoms with E-state index in [1.54, 1.807) is 6.33 Å². The van der Waals surface area contributed by atoms with E-state index in [9.17, 15) is 5.11 Å². The molecule has 110 valence electrons. The van der Waals surface area contributed by atoms with E-state index in [0.717, 1.165) is 18.7 Å². The molecule has 2 aliphatic rings. The minimum absolute atomic E-state index is 0.0763. The number of rotatable bonds is 3. The third-order valence-corrected chi connectivity index (χ3v) is 5.07. The summed E-state index contributed by atoms with van der Waals surface area (Å²) < 4.78 is 2.02. The average Bonchev–Trinajstić information content (AvgIpc) is 3.17. The number of hydrogen-bond donors (Lipinski definition) is 1. The molecule has 1 aromatic carbocycles. The second kappa shape index (κ2) is 4.33. The lowest BCUT2D eigenvalue weighted by Crippen LogP contribution is -2.43. The zero-order chi connectivity index (χ0) is 14.6. The van der Waals surface area contributed by atoms with Gasteiger partial charge in [-0.25, -0.2) is 0 Å². The van der Waals surface area contributed by atoms with Gasteiger partial charge in [0.25, 0.3) is 0 Å². The van der Waals surface area contributed by atoms with E-state index in [-0.39, 0.29) is 5.41 Å². The quantitative estimate of drug-likeness (QED) is 0.941. The summed E-state index contributed by atoms with van der Waals surface area (Å²) in [6, 6.07) is 6.14. The van der Waals surface area contributed by atoms with E-state index >= 15 is 0 Å². The molecule has 0 saturated heterocycles. The topological polar surface area (TPSA) is 50.9 Å². The van der Waals surface area contributed by atoms with Crippen LogP contribution < -0.4 is 0 Å². The molecular formula is C17H21N3O. The van der Waals surface area contributed by atoms with Gasteiger partial charge in [-0.15, -0.1) is 10.2 Å². The Morgan fingerprint density at radius 1 is 1.24 bits per heavy atom. The first-order valence-electron chi connectivity index (χ1n) is 7.77. The fourth-order valence-electron chi connectivity index (χ4n) is 3.96. The van der Waals surface area contributed by atoms with E-state index in [1.807, 2.05) is 23.7 Å². The molecule has 0 spiro atoms. The maximum atomic E-state index is 10.1. The van der Waals surface area contributed by atoms with Crippen molar-refractivity contribution in [1.29, 1.82) is 0 Å². The Hall–Kier alpha value is -1.84. The summed E-state index contributed by atoms with van der Waals surface area (Å²) in [7, 11) is 2.00. The maximum Gasteiger partial charge on any atom is 0.143 e. The Morgan fingerprint density at radius 3 is 2.57 bits per heavy atom. The van der Waals surface area contributed by atoms with Gasteiger partial charge in [0.15, 0.2) is 0 Å². The number of phenols is 1. The average molecular weight is 283 g/mol. The number of phenolic OH excluding ortho intramolecular Hbond substituents is 1. The van der Waals surface area contributed by atoms with Crippen LogP contribution in [-0.4, -0.2) is 19.9 Å². The van der Waals surface area contributed by atoms with Gasteiger partial charge < -0.3 is 9.67 Å². The van der Waals surface area contributed by atoms with Gasteiger partial charge in [-0.2, -0.15) is 0 Å². The van der Waals surface area contributed by atoms with E-state index < -0.39 is 0 Å².